The van der Waals surface area contributed by atoms with Crippen LogP contribution in [0.2, 0.25) is 0 Å². The molecule has 2 heterocycles. The molecule has 1 unspecified atom stereocenters. The van der Waals surface area contributed by atoms with Crippen molar-refractivity contribution in [2.45, 2.75) is 26.2 Å². The Morgan fingerprint density at radius 1 is 1.40 bits per heavy atom. The van der Waals surface area contributed by atoms with E-state index in [1.807, 2.05) is 12.1 Å². The molecule has 15 heavy (non-hydrogen) atoms. The number of aryl methyl sites for hydroxylation is 1. The molecule has 0 fully saturated rings. The van der Waals surface area contributed by atoms with E-state index in [-0.39, 0.29) is 12.5 Å². The molecular formula is C13H17NO. The summed E-state index contributed by atoms with van der Waals surface area (Å²) in [6.45, 7) is 4.45. The third-order valence-corrected chi connectivity index (χ3v) is 3.02. The van der Waals surface area contributed by atoms with Crippen molar-refractivity contribution in [1.29, 1.82) is 0 Å². The van der Waals surface area contributed by atoms with E-state index in [9.17, 15) is 5.11 Å². The van der Waals surface area contributed by atoms with Crippen LogP contribution in [0.1, 0.15) is 30.5 Å². The summed E-state index contributed by atoms with van der Waals surface area (Å²) in [6, 6.07) is 8.34. The number of aliphatic hydroxyl groups is 1. The van der Waals surface area contributed by atoms with Crippen LogP contribution in [0.15, 0.2) is 30.5 Å². The third kappa shape index (κ3) is 1.65. The first kappa shape index (κ1) is 10.2. The smallest absolute Gasteiger partial charge is 0.0514 e. The van der Waals surface area contributed by atoms with Crippen LogP contribution in [0, 0.1) is 6.92 Å². The van der Waals surface area contributed by atoms with Crippen molar-refractivity contribution in [3.05, 3.63) is 41.7 Å². The summed E-state index contributed by atoms with van der Waals surface area (Å²) in [5.41, 5.74) is 3.72. The zero-order valence-corrected chi connectivity index (χ0v) is 9.27. The fraction of sp³-hybridized carbons (Fsp3) is 0.385. The first-order valence-electron chi connectivity index (χ1n) is 5.45. The van der Waals surface area contributed by atoms with Gasteiger partial charge in [0.25, 0.3) is 0 Å². The van der Waals surface area contributed by atoms with Gasteiger partial charge in [-0.25, -0.2) is 0 Å². The molecule has 0 radical (unpaired) electrons. The number of aromatic nitrogens is 1. The molecule has 0 saturated heterocycles. The minimum atomic E-state index is 0.221. The van der Waals surface area contributed by atoms with E-state index in [0.29, 0.717) is 0 Å². The van der Waals surface area contributed by atoms with Gasteiger partial charge in [-0.3, -0.25) is 0 Å². The van der Waals surface area contributed by atoms with Crippen molar-refractivity contribution in [2.75, 3.05) is 6.61 Å². The van der Waals surface area contributed by atoms with Gasteiger partial charge in [-0.1, -0.05) is 13.0 Å². The SMILES string of the molecule is CCC(CO)c1c(C)cc2ccccn12. The van der Waals surface area contributed by atoms with Gasteiger partial charge in [-0.05, 0) is 37.1 Å². The Bertz CT molecular complexity index is 455. The quantitative estimate of drug-likeness (QED) is 0.815. The van der Waals surface area contributed by atoms with Crippen LogP contribution >= 0.6 is 0 Å². The van der Waals surface area contributed by atoms with Crippen molar-refractivity contribution in [1.82, 2.24) is 4.40 Å². The van der Waals surface area contributed by atoms with Gasteiger partial charge in [-0.2, -0.15) is 0 Å². The van der Waals surface area contributed by atoms with Gasteiger partial charge in [0.15, 0.2) is 0 Å². The highest BCUT2D eigenvalue weighted by Gasteiger charge is 2.15. The Morgan fingerprint density at radius 2 is 2.20 bits per heavy atom. The van der Waals surface area contributed by atoms with Crippen LogP contribution in [0.25, 0.3) is 5.52 Å². The Labute approximate surface area is 90.2 Å². The second-order valence-corrected chi connectivity index (χ2v) is 4.00. The predicted octanol–water partition coefficient (Wildman–Crippen LogP) is 2.73. The second kappa shape index (κ2) is 4.07. The summed E-state index contributed by atoms with van der Waals surface area (Å²) in [7, 11) is 0. The van der Waals surface area contributed by atoms with Crippen molar-refractivity contribution in [3.8, 4) is 0 Å². The van der Waals surface area contributed by atoms with Gasteiger partial charge >= 0.3 is 0 Å². The maximum atomic E-state index is 9.37. The molecule has 0 spiro atoms. The normalized spacial score (nSPS) is 13.3. The van der Waals surface area contributed by atoms with Gasteiger partial charge in [-0.15, -0.1) is 0 Å². The predicted molar refractivity (Wildman–Crippen MR) is 62.3 cm³/mol. The molecule has 2 nitrogen and oxygen atoms in total. The zero-order chi connectivity index (χ0) is 10.8. The van der Waals surface area contributed by atoms with Crippen LogP contribution in [0.5, 0.6) is 0 Å². The Morgan fingerprint density at radius 3 is 2.87 bits per heavy atom. The van der Waals surface area contributed by atoms with E-state index < -0.39 is 0 Å². The third-order valence-electron chi connectivity index (χ3n) is 3.02. The molecule has 0 aromatic carbocycles. The molecule has 0 aliphatic carbocycles. The Hall–Kier alpha value is -1.28. The van der Waals surface area contributed by atoms with E-state index in [1.54, 1.807) is 0 Å². The second-order valence-electron chi connectivity index (χ2n) is 4.00. The lowest BCUT2D eigenvalue weighted by Crippen LogP contribution is -2.07. The van der Waals surface area contributed by atoms with Crippen molar-refractivity contribution in [2.24, 2.45) is 0 Å². The van der Waals surface area contributed by atoms with E-state index in [4.69, 9.17) is 0 Å². The molecule has 1 N–H and O–H groups in total. The number of aliphatic hydroxyl groups excluding tert-OH is 1. The molecule has 0 aliphatic rings. The lowest BCUT2D eigenvalue weighted by Gasteiger charge is -2.13. The summed E-state index contributed by atoms with van der Waals surface area (Å²) in [6.07, 6.45) is 3.04. The molecule has 0 amide bonds. The topological polar surface area (TPSA) is 24.6 Å². The van der Waals surface area contributed by atoms with Crippen LogP contribution < -0.4 is 0 Å². The first-order chi connectivity index (χ1) is 7.27. The molecule has 2 aromatic rings. The van der Waals surface area contributed by atoms with E-state index in [0.717, 1.165) is 6.42 Å². The molecule has 2 rings (SSSR count). The maximum absolute atomic E-state index is 9.37. The average molecular weight is 203 g/mol. The van der Waals surface area contributed by atoms with Gasteiger partial charge < -0.3 is 9.51 Å². The number of fused-ring (bicyclic) bond motifs is 1. The number of hydrogen-bond donors (Lipinski definition) is 1. The van der Waals surface area contributed by atoms with E-state index in [2.05, 4.69) is 36.6 Å². The van der Waals surface area contributed by atoms with Gasteiger partial charge in [0.05, 0.1) is 6.61 Å². The standard InChI is InChI=1S/C13H17NO/c1-3-11(9-15)13-10(2)8-12-6-4-5-7-14(12)13/h4-8,11,15H,3,9H2,1-2H3. The Balaban J connectivity index is 2.62. The largest absolute Gasteiger partial charge is 0.396 e. The Kier molecular flexibility index (Phi) is 2.78. The number of pyridine rings is 1. The minimum Gasteiger partial charge on any atom is -0.396 e. The zero-order valence-electron chi connectivity index (χ0n) is 9.27. The number of rotatable bonds is 3. The highest BCUT2D eigenvalue weighted by atomic mass is 16.3. The number of hydrogen-bond acceptors (Lipinski definition) is 1. The molecule has 2 aromatic heterocycles. The minimum absolute atomic E-state index is 0.221. The van der Waals surface area contributed by atoms with Crippen molar-refractivity contribution >= 4 is 5.52 Å². The lowest BCUT2D eigenvalue weighted by molar-refractivity contribution is 0.259. The average Bonchev–Trinajstić information content (AvgIpc) is 2.58. The lowest BCUT2D eigenvalue weighted by atomic mass is 10.0. The summed E-state index contributed by atoms with van der Waals surface area (Å²) >= 11 is 0. The molecular weight excluding hydrogens is 186 g/mol. The fourth-order valence-electron chi connectivity index (χ4n) is 2.21. The molecule has 0 aliphatic heterocycles. The highest BCUT2D eigenvalue weighted by Crippen LogP contribution is 2.25. The van der Waals surface area contributed by atoms with Crippen LogP contribution in [0.3, 0.4) is 0 Å². The fourth-order valence-corrected chi connectivity index (χ4v) is 2.21. The molecule has 2 heteroatoms. The van der Waals surface area contributed by atoms with Crippen molar-refractivity contribution < 1.29 is 5.11 Å². The molecule has 0 saturated carbocycles. The summed E-state index contributed by atoms with van der Waals surface area (Å²) < 4.78 is 2.18. The number of nitrogens with zero attached hydrogens (tertiary/aromatic N) is 1. The van der Waals surface area contributed by atoms with E-state index >= 15 is 0 Å². The van der Waals surface area contributed by atoms with Crippen LogP contribution in [-0.4, -0.2) is 16.1 Å². The summed E-state index contributed by atoms with van der Waals surface area (Å²) in [4.78, 5) is 0. The summed E-state index contributed by atoms with van der Waals surface area (Å²) in [5.74, 6) is 0.245. The molecule has 1 atom stereocenters. The van der Waals surface area contributed by atoms with E-state index in [1.165, 1.54) is 16.8 Å². The highest BCUT2D eigenvalue weighted by molar-refractivity contribution is 5.53. The van der Waals surface area contributed by atoms with Gasteiger partial charge in [0.1, 0.15) is 0 Å². The van der Waals surface area contributed by atoms with Crippen LogP contribution in [-0.2, 0) is 0 Å². The van der Waals surface area contributed by atoms with Crippen LogP contribution in [0.4, 0.5) is 0 Å². The molecule has 80 valence electrons. The van der Waals surface area contributed by atoms with Gasteiger partial charge in [0, 0.05) is 23.3 Å². The monoisotopic (exact) mass is 203 g/mol. The van der Waals surface area contributed by atoms with Gasteiger partial charge in [0.2, 0.25) is 0 Å². The van der Waals surface area contributed by atoms with Crippen molar-refractivity contribution in [3.63, 3.8) is 0 Å². The maximum Gasteiger partial charge on any atom is 0.0514 e. The molecule has 0 bridgehead atoms. The first-order valence-corrected chi connectivity index (χ1v) is 5.45. The summed E-state index contributed by atoms with van der Waals surface area (Å²) in [5, 5.41) is 9.37.